The van der Waals surface area contributed by atoms with E-state index in [1.54, 1.807) is 0 Å². The van der Waals surface area contributed by atoms with Gasteiger partial charge in [0.1, 0.15) is 6.04 Å². The Morgan fingerprint density at radius 1 is 1.64 bits per heavy atom. The fraction of sp³-hybridized carbons (Fsp3) is 0.889. The van der Waals surface area contributed by atoms with Gasteiger partial charge in [-0.05, 0) is 14.1 Å². The van der Waals surface area contributed by atoms with Gasteiger partial charge in [0.25, 0.3) is 0 Å². The molecule has 3 N–H and O–H groups in total. The van der Waals surface area contributed by atoms with Gasteiger partial charge in [0.05, 0.1) is 0 Å². The van der Waals surface area contributed by atoms with Crippen molar-refractivity contribution in [1.29, 1.82) is 0 Å². The zero-order chi connectivity index (χ0) is 10.6. The Morgan fingerprint density at radius 3 is 2.93 bits per heavy atom. The highest BCUT2D eigenvalue weighted by Gasteiger charge is 2.25. The molecule has 82 valence electrons. The molecule has 5 heteroatoms. The van der Waals surface area contributed by atoms with E-state index in [1.165, 1.54) is 0 Å². The Bertz CT molecular complexity index is 195. The topological polar surface area (TPSA) is 61.6 Å². The highest BCUT2D eigenvalue weighted by atomic mass is 16.1. The van der Waals surface area contributed by atoms with Crippen LogP contribution in [0.5, 0.6) is 0 Å². The predicted octanol–water partition coefficient (Wildman–Crippen LogP) is -1.69. The first-order valence-corrected chi connectivity index (χ1v) is 5.00. The van der Waals surface area contributed by atoms with E-state index in [1.807, 2.05) is 14.1 Å². The number of hydrogen-bond donors (Lipinski definition) is 2. The number of carbonyl (C=O) groups excluding carboxylic acids is 1. The molecule has 0 saturated carbocycles. The molecule has 0 radical (unpaired) electrons. The molecule has 0 bridgehead atoms. The van der Waals surface area contributed by atoms with Gasteiger partial charge in [-0.25, -0.2) is 0 Å². The number of piperazine rings is 1. The molecule has 0 spiro atoms. The Morgan fingerprint density at radius 2 is 2.36 bits per heavy atom. The summed E-state index contributed by atoms with van der Waals surface area (Å²) in [4.78, 5) is 15.4. The van der Waals surface area contributed by atoms with E-state index in [2.05, 4.69) is 15.1 Å². The molecule has 14 heavy (non-hydrogen) atoms. The Kier molecular flexibility index (Phi) is 4.31. The van der Waals surface area contributed by atoms with Gasteiger partial charge in [-0.15, -0.1) is 0 Å². The number of nitrogens with two attached hydrogens (primary N) is 1. The van der Waals surface area contributed by atoms with Crippen LogP contribution in [0.15, 0.2) is 0 Å². The van der Waals surface area contributed by atoms with E-state index >= 15 is 0 Å². The van der Waals surface area contributed by atoms with E-state index in [4.69, 9.17) is 5.73 Å². The third kappa shape index (κ3) is 3.25. The summed E-state index contributed by atoms with van der Waals surface area (Å²) >= 11 is 0. The molecule has 0 aliphatic carbocycles. The van der Waals surface area contributed by atoms with E-state index < -0.39 is 0 Å². The molecule has 1 heterocycles. The lowest BCUT2D eigenvalue weighted by molar-refractivity contribution is -0.123. The second kappa shape index (κ2) is 5.29. The lowest BCUT2D eigenvalue weighted by atomic mass is 10.2. The van der Waals surface area contributed by atoms with Gasteiger partial charge in [0.2, 0.25) is 5.91 Å². The molecule has 1 saturated heterocycles. The fourth-order valence-corrected chi connectivity index (χ4v) is 1.62. The van der Waals surface area contributed by atoms with Crippen molar-refractivity contribution in [3.8, 4) is 0 Å². The van der Waals surface area contributed by atoms with E-state index in [0.29, 0.717) is 6.54 Å². The van der Waals surface area contributed by atoms with Crippen LogP contribution in [0, 0.1) is 0 Å². The number of amides is 1. The first-order valence-electron chi connectivity index (χ1n) is 5.00. The minimum Gasteiger partial charge on any atom is -0.368 e. The summed E-state index contributed by atoms with van der Waals surface area (Å²) in [6.07, 6.45) is 0. The van der Waals surface area contributed by atoms with Crippen molar-refractivity contribution in [2.24, 2.45) is 5.73 Å². The molecule has 0 aromatic heterocycles. The van der Waals surface area contributed by atoms with Crippen LogP contribution in [0.3, 0.4) is 0 Å². The quantitative estimate of drug-likeness (QED) is 0.568. The average molecular weight is 200 g/mol. The van der Waals surface area contributed by atoms with Gasteiger partial charge in [-0.3, -0.25) is 9.69 Å². The molecule has 1 aliphatic rings. The summed E-state index contributed by atoms with van der Waals surface area (Å²) in [6.45, 7) is 4.40. The molecular weight excluding hydrogens is 180 g/mol. The second-order valence-corrected chi connectivity index (χ2v) is 3.96. The largest absolute Gasteiger partial charge is 0.368 e. The molecule has 1 unspecified atom stereocenters. The van der Waals surface area contributed by atoms with Gasteiger partial charge in [0.15, 0.2) is 0 Å². The minimum atomic E-state index is -0.226. The van der Waals surface area contributed by atoms with Crippen molar-refractivity contribution in [2.45, 2.75) is 6.04 Å². The standard InChI is InChI=1S/C9H20N4O/c1-12(2)5-6-13-4-3-11-7-8(13)9(10)14/h8,11H,3-7H2,1-2H3,(H2,10,14). The van der Waals surface area contributed by atoms with Crippen molar-refractivity contribution in [3.63, 3.8) is 0 Å². The third-order valence-electron chi connectivity index (χ3n) is 2.52. The maximum atomic E-state index is 11.1. The highest BCUT2D eigenvalue weighted by molar-refractivity contribution is 5.80. The predicted molar refractivity (Wildman–Crippen MR) is 56.0 cm³/mol. The average Bonchev–Trinajstić information content (AvgIpc) is 2.15. The Hall–Kier alpha value is -0.650. The monoisotopic (exact) mass is 200 g/mol. The lowest BCUT2D eigenvalue weighted by Gasteiger charge is -2.34. The molecule has 0 aromatic carbocycles. The number of rotatable bonds is 4. The van der Waals surface area contributed by atoms with Crippen molar-refractivity contribution in [3.05, 3.63) is 0 Å². The van der Waals surface area contributed by atoms with Crippen molar-refractivity contribution in [1.82, 2.24) is 15.1 Å². The number of carbonyl (C=O) groups is 1. The van der Waals surface area contributed by atoms with Gasteiger partial charge in [-0.2, -0.15) is 0 Å². The number of nitrogens with one attached hydrogen (secondary N) is 1. The summed E-state index contributed by atoms with van der Waals surface area (Å²) in [7, 11) is 4.06. The van der Waals surface area contributed by atoms with Crippen molar-refractivity contribution in [2.75, 3.05) is 46.8 Å². The SMILES string of the molecule is CN(C)CCN1CCNCC1C(N)=O. The van der Waals surface area contributed by atoms with Crippen LogP contribution < -0.4 is 11.1 Å². The summed E-state index contributed by atoms with van der Waals surface area (Å²) < 4.78 is 0. The Labute approximate surface area is 85.2 Å². The molecular formula is C9H20N4O. The normalized spacial score (nSPS) is 24.1. The Balaban J connectivity index is 2.42. The fourth-order valence-electron chi connectivity index (χ4n) is 1.62. The van der Waals surface area contributed by atoms with Crippen LogP contribution in [0.25, 0.3) is 0 Å². The van der Waals surface area contributed by atoms with Crippen LogP contribution in [-0.4, -0.2) is 68.6 Å². The molecule has 0 aromatic rings. The highest BCUT2D eigenvalue weighted by Crippen LogP contribution is 2.02. The van der Waals surface area contributed by atoms with Gasteiger partial charge in [0, 0.05) is 32.7 Å². The van der Waals surface area contributed by atoms with Crippen LogP contribution >= 0.6 is 0 Å². The van der Waals surface area contributed by atoms with E-state index in [9.17, 15) is 4.79 Å². The molecule has 1 aliphatic heterocycles. The summed E-state index contributed by atoms with van der Waals surface area (Å²) in [5.74, 6) is -0.226. The molecule has 1 fully saturated rings. The van der Waals surface area contributed by atoms with Crippen LogP contribution in [-0.2, 0) is 4.79 Å². The number of hydrogen-bond acceptors (Lipinski definition) is 4. The first-order chi connectivity index (χ1) is 6.61. The molecule has 1 atom stereocenters. The van der Waals surface area contributed by atoms with Crippen molar-refractivity contribution < 1.29 is 4.79 Å². The number of primary amides is 1. The van der Waals surface area contributed by atoms with Crippen LogP contribution in [0.2, 0.25) is 0 Å². The number of likely N-dealkylation sites (N-methyl/N-ethyl adjacent to an activating group) is 1. The van der Waals surface area contributed by atoms with Crippen molar-refractivity contribution >= 4 is 5.91 Å². The zero-order valence-electron chi connectivity index (χ0n) is 8.99. The minimum absolute atomic E-state index is 0.135. The second-order valence-electron chi connectivity index (χ2n) is 3.96. The lowest BCUT2D eigenvalue weighted by Crippen LogP contribution is -2.57. The zero-order valence-corrected chi connectivity index (χ0v) is 8.99. The smallest absolute Gasteiger partial charge is 0.236 e. The summed E-state index contributed by atoms with van der Waals surface area (Å²) in [6, 6.07) is -0.135. The molecule has 5 nitrogen and oxygen atoms in total. The van der Waals surface area contributed by atoms with Gasteiger partial charge >= 0.3 is 0 Å². The third-order valence-corrected chi connectivity index (χ3v) is 2.52. The maximum absolute atomic E-state index is 11.1. The van der Waals surface area contributed by atoms with E-state index in [-0.39, 0.29) is 11.9 Å². The summed E-state index contributed by atoms with van der Waals surface area (Å²) in [5.41, 5.74) is 5.33. The van der Waals surface area contributed by atoms with Crippen LogP contribution in [0.1, 0.15) is 0 Å². The number of nitrogens with zero attached hydrogens (tertiary/aromatic N) is 2. The van der Waals surface area contributed by atoms with Gasteiger partial charge < -0.3 is 16.0 Å². The van der Waals surface area contributed by atoms with Crippen LogP contribution in [0.4, 0.5) is 0 Å². The molecule has 1 rings (SSSR count). The summed E-state index contributed by atoms with van der Waals surface area (Å²) in [5, 5.41) is 3.18. The van der Waals surface area contributed by atoms with E-state index in [0.717, 1.165) is 26.2 Å². The maximum Gasteiger partial charge on any atom is 0.236 e. The molecule has 1 amide bonds. The first kappa shape index (κ1) is 11.4. The van der Waals surface area contributed by atoms with Gasteiger partial charge in [-0.1, -0.05) is 0 Å².